The largest absolute Gasteiger partial charge is 0.437 e. The van der Waals surface area contributed by atoms with Gasteiger partial charge in [0.15, 0.2) is 0 Å². The molecule has 8 nitrogen and oxygen atoms in total. The maximum absolute atomic E-state index is 13.4. The van der Waals surface area contributed by atoms with E-state index in [1.807, 2.05) is 42.2 Å². The van der Waals surface area contributed by atoms with Gasteiger partial charge in [0.2, 0.25) is 5.88 Å². The first-order valence-corrected chi connectivity index (χ1v) is 11.8. The molecule has 2 saturated heterocycles. The molecule has 0 radical (unpaired) electrons. The van der Waals surface area contributed by atoms with Gasteiger partial charge in [-0.05, 0) is 43.5 Å². The SMILES string of the molecule is Cc1ccccc1Oc1nccnc1C1CCCN(C(=O)c2ccnc(N3CCOCC3)c2)C1. The number of aromatic nitrogens is 3. The molecule has 1 amide bonds. The predicted octanol–water partition coefficient (Wildman–Crippen LogP) is 3.83. The van der Waals surface area contributed by atoms with Crippen molar-refractivity contribution < 1.29 is 14.3 Å². The molecule has 4 heterocycles. The van der Waals surface area contributed by atoms with E-state index in [0.717, 1.165) is 55.3 Å². The van der Waals surface area contributed by atoms with Crippen LogP contribution in [0.2, 0.25) is 0 Å². The number of pyridine rings is 1. The number of nitrogens with zero attached hydrogens (tertiary/aromatic N) is 5. The summed E-state index contributed by atoms with van der Waals surface area (Å²) in [5, 5.41) is 0. The van der Waals surface area contributed by atoms with Crippen molar-refractivity contribution in [1.82, 2.24) is 19.9 Å². The van der Waals surface area contributed by atoms with Crippen molar-refractivity contribution in [3.63, 3.8) is 0 Å². The van der Waals surface area contributed by atoms with Crippen LogP contribution in [0.4, 0.5) is 5.82 Å². The zero-order chi connectivity index (χ0) is 23.3. The molecule has 0 aliphatic carbocycles. The van der Waals surface area contributed by atoms with Crippen LogP contribution < -0.4 is 9.64 Å². The quantitative estimate of drug-likeness (QED) is 0.574. The van der Waals surface area contributed by atoms with Crippen LogP contribution in [0, 0.1) is 6.92 Å². The van der Waals surface area contributed by atoms with Crippen molar-refractivity contribution in [2.45, 2.75) is 25.7 Å². The van der Waals surface area contributed by atoms with E-state index in [9.17, 15) is 4.79 Å². The van der Waals surface area contributed by atoms with E-state index in [1.54, 1.807) is 24.7 Å². The van der Waals surface area contributed by atoms with Gasteiger partial charge in [0.25, 0.3) is 5.91 Å². The first-order valence-electron chi connectivity index (χ1n) is 11.8. The van der Waals surface area contributed by atoms with Crippen molar-refractivity contribution in [3.8, 4) is 11.6 Å². The maximum atomic E-state index is 13.4. The van der Waals surface area contributed by atoms with Crippen LogP contribution in [0.1, 0.15) is 40.4 Å². The summed E-state index contributed by atoms with van der Waals surface area (Å²) in [7, 11) is 0. The van der Waals surface area contributed by atoms with Gasteiger partial charge in [-0.15, -0.1) is 0 Å². The number of likely N-dealkylation sites (tertiary alicyclic amines) is 1. The van der Waals surface area contributed by atoms with E-state index in [0.29, 0.717) is 31.2 Å². The molecule has 0 N–H and O–H groups in total. The molecule has 2 aliphatic rings. The lowest BCUT2D eigenvalue weighted by Crippen LogP contribution is -2.40. The van der Waals surface area contributed by atoms with Gasteiger partial charge in [0.05, 0.1) is 13.2 Å². The lowest BCUT2D eigenvalue weighted by Gasteiger charge is -2.33. The Morgan fingerprint density at radius 3 is 2.71 bits per heavy atom. The molecule has 1 atom stereocenters. The number of ether oxygens (including phenoxy) is 2. The molecule has 34 heavy (non-hydrogen) atoms. The lowest BCUT2D eigenvalue weighted by molar-refractivity contribution is 0.0704. The first-order chi connectivity index (χ1) is 16.7. The number of morpholine rings is 1. The van der Waals surface area contributed by atoms with E-state index < -0.39 is 0 Å². The van der Waals surface area contributed by atoms with Gasteiger partial charge in [-0.3, -0.25) is 9.78 Å². The second-order valence-corrected chi connectivity index (χ2v) is 8.71. The monoisotopic (exact) mass is 459 g/mol. The highest BCUT2D eigenvalue weighted by Crippen LogP contribution is 2.34. The normalized spacial score (nSPS) is 18.6. The Kier molecular flexibility index (Phi) is 6.67. The number of piperidine rings is 1. The van der Waals surface area contributed by atoms with Crippen molar-refractivity contribution >= 4 is 11.7 Å². The second-order valence-electron chi connectivity index (χ2n) is 8.71. The number of para-hydroxylation sites is 1. The molecule has 8 heteroatoms. The Labute approximate surface area is 199 Å². The van der Waals surface area contributed by atoms with Crippen molar-refractivity contribution in [1.29, 1.82) is 0 Å². The van der Waals surface area contributed by atoms with E-state index >= 15 is 0 Å². The number of carbonyl (C=O) groups excluding carboxylic acids is 1. The van der Waals surface area contributed by atoms with E-state index in [2.05, 4.69) is 19.9 Å². The minimum Gasteiger partial charge on any atom is -0.437 e. The van der Waals surface area contributed by atoms with Crippen molar-refractivity contribution in [2.75, 3.05) is 44.3 Å². The molecule has 1 unspecified atom stereocenters. The molecule has 176 valence electrons. The number of hydrogen-bond donors (Lipinski definition) is 0. The topological polar surface area (TPSA) is 80.7 Å². The summed E-state index contributed by atoms with van der Waals surface area (Å²) >= 11 is 0. The van der Waals surface area contributed by atoms with Gasteiger partial charge in [-0.25, -0.2) is 9.97 Å². The zero-order valence-electron chi connectivity index (χ0n) is 19.4. The van der Waals surface area contributed by atoms with Gasteiger partial charge in [-0.1, -0.05) is 18.2 Å². The molecule has 5 rings (SSSR count). The van der Waals surface area contributed by atoms with E-state index in [4.69, 9.17) is 9.47 Å². The molecular formula is C26H29N5O3. The number of aryl methyl sites for hydroxylation is 1. The third kappa shape index (κ3) is 4.87. The smallest absolute Gasteiger partial charge is 0.254 e. The second kappa shape index (κ2) is 10.2. The number of hydrogen-bond acceptors (Lipinski definition) is 7. The summed E-state index contributed by atoms with van der Waals surface area (Å²) in [6, 6.07) is 11.6. The fourth-order valence-electron chi connectivity index (χ4n) is 4.55. The molecular weight excluding hydrogens is 430 g/mol. The molecule has 2 fully saturated rings. The van der Waals surface area contributed by atoms with Crippen molar-refractivity contribution in [2.24, 2.45) is 0 Å². The minimum absolute atomic E-state index is 0.0203. The number of anilines is 1. The average Bonchev–Trinajstić information content (AvgIpc) is 2.90. The summed E-state index contributed by atoms with van der Waals surface area (Å²) in [4.78, 5) is 31.1. The standard InChI is InChI=1S/C26H29N5O3/c1-19-5-2-3-7-22(19)34-25-24(28-10-11-29-25)21-6-4-12-31(18-21)26(32)20-8-9-27-23(17-20)30-13-15-33-16-14-30/h2-3,5,7-11,17,21H,4,6,12-16,18H2,1H3. The predicted molar refractivity (Wildman–Crippen MR) is 128 cm³/mol. The van der Waals surface area contributed by atoms with E-state index in [1.165, 1.54) is 0 Å². The summed E-state index contributed by atoms with van der Waals surface area (Å²) in [6.07, 6.45) is 6.89. The molecule has 0 saturated carbocycles. The Morgan fingerprint density at radius 2 is 1.85 bits per heavy atom. The molecule has 1 aromatic carbocycles. The van der Waals surface area contributed by atoms with Gasteiger partial charge in [0.1, 0.15) is 17.3 Å². The first kappa shape index (κ1) is 22.3. The number of benzene rings is 1. The highest BCUT2D eigenvalue weighted by atomic mass is 16.5. The van der Waals surface area contributed by atoms with Crippen LogP contribution >= 0.6 is 0 Å². The summed E-state index contributed by atoms with van der Waals surface area (Å²) in [5.41, 5.74) is 2.49. The van der Waals surface area contributed by atoms with Crippen LogP contribution in [-0.2, 0) is 4.74 Å². The van der Waals surface area contributed by atoms with Gasteiger partial charge >= 0.3 is 0 Å². The zero-order valence-corrected chi connectivity index (χ0v) is 19.4. The number of rotatable bonds is 5. The fraction of sp³-hybridized carbons (Fsp3) is 0.385. The van der Waals surface area contributed by atoms with Crippen LogP contribution in [-0.4, -0.2) is 65.2 Å². The molecule has 2 aromatic heterocycles. The number of carbonyl (C=O) groups is 1. The van der Waals surface area contributed by atoms with Gasteiger partial charge in [-0.2, -0.15) is 0 Å². The highest BCUT2D eigenvalue weighted by Gasteiger charge is 2.29. The van der Waals surface area contributed by atoms with Crippen LogP contribution in [0.15, 0.2) is 55.0 Å². The molecule has 0 bridgehead atoms. The Balaban J connectivity index is 1.33. The summed E-state index contributed by atoms with van der Waals surface area (Å²) < 4.78 is 11.6. The Bertz CT molecular complexity index is 1150. The fourth-order valence-corrected chi connectivity index (χ4v) is 4.55. The van der Waals surface area contributed by atoms with Crippen LogP contribution in [0.5, 0.6) is 11.6 Å². The lowest BCUT2D eigenvalue weighted by atomic mass is 9.94. The van der Waals surface area contributed by atoms with E-state index in [-0.39, 0.29) is 11.8 Å². The van der Waals surface area contributed by atoms with Gasteiger partial charge in [0, 0.05) is 56.3 Å². The maximum Gasteiger partial charge on any atom is 0.254 e. The summed E-state index contributed by atoms with van der Waals surface area (Å²) in [6.45, 7) is 6.23. The number of amides is 1. The minimum atomic E-state index is 0.0203. The molecule has 0 spiro atoms. The van der Waals surface area contributed by atoms with Gasteiger partial charge < -0.3 is 19.3 Å². The summed E-state index contributed by atoms with van der Waals surface area (Å²) in [5.74, 6) is 2.18. The highest BCUT2D eigenvalue weighted by molar-refractivity contribution is 5.95. The Morgan fingerprint density at radius 1 is 1.03 bits per heavy atom. The molecule has 2 aliphatic heterocycles. The third-order valence-electron chi connectivity index (χ3n) is 6.41. The van der Waals surface area contributed by atoms with Crippen LogP contribution in [0.25, 0.3) is 0 Å². The molecule has 3 aromatic rings. The van der Waals surface area contributed by atoms with Crippen LogP contribution in [0.3, 0.4) is 0 Å². The third-order valence-corrected chi connectivity index (χ3v) is 6.41. The Hall–Kier alpha value is -3.52. The van der Waals surface area contributed by atoms with Crippen molar-refractivity contribution in [3.05, 3.63) is 71.8 Å². The average molecular weight is 460 g/mol.